The molecule has 6 heteroatoms. The first-order valence-corrected chi connectivity index (χ1v) is 9.40. The molecule has 0 aliphatic heterocycles. The summed E-state index contributed by atoms with van der Waals surface area (Å²) in [6.45, 7) is 7.86. The summed E-state index contributed by atoms with van der Waals surface area (Å²) in [5.74, 6) is 0.521. The summed E-state index contributed by atoms with van der Waals surface area (Å²) in [5, 5.41) is 0. The molecule has 24 heavy (non-hydrogen) atoms. The van der Waals surface area contributed by atoms with E-state index in [0.717, 1.165) is 23.3 Å². The molecule has 0 saturated carbocycles. The average molecular weight is 353 g/mol. The fourth-order valence-electron chi connectivity index (χ4n) is 3.05. The second-order valence-corrected chi connectivity index (χ2v) is 9.00. The molecule has 2 unspecified atom stereocenters. The van der Waals surface area contributed by atoms with Crippen LogP contribution in [0.4, 0.5) is 0 Å². The van der Waals surface area contributed by atoms with Gasteiger partial charge in [0.05, 0.1) is 41.4 Å². The number of nitrogens with one attached hydrogen (secondary N) is 1. The Morgan fingerprint density at radius 3 is 2.67 bits per heavy atom. The van der Waals surface area contributed by atoms with E-state index in [1.807, 2.05) is 39.0 Å². The van der Waals surface area contributed by atoms with Crippen molar-refractivity contribution in [3.05, 3.63) is 29.3 Å². The summed E-state index contributed by atoms with van der Waals surface area (Å²) < 4.78 is 26.2. The highest BCUT2D eigenvalue weighted by atomic mass is 32.2. The quantitative estimate of drug-likeness (QED) is 0.799. The number of hydrogen-bond donors (Lipinski definition) is 1. The van der Waals surface area contributed by atoms with E-state index >= 15 is 0 Å². The molecule has 134 valence electrons. The molecule has 0 amide bonds. The molecule has 1 aromatic carbocycles. The predicted octanol–water partition coefficient (Wildman–Crippen LogP) is 2.84. The summed E-state index contributed by atoms with van der Waals surface area (Å²) in [6.07, 6.45) is 1.61. The predicted molar refractivity (Wildman–Crippen MR) is 95.3 cm³/mol. The van der Waals surface area contributed by atoms with Crippen LogP contribution in [0.5, 0.6) is 5.75 Å². The minimum atomic E-state index is -1.30. The molecule has 0 fully saturated rings. The lowest BCUT2D eigenvalue weighted by atomic mass is 9.89. The van der Waals surface area contributed by atoms with Crippen molar-refractivity contribution < 1.29 is 18.5 Å². The Morgan fingerprint density at radius 2 is 2.08 bits per heavy atom. The minimum absolute atomic E-state index is 0.156. The Labute approximate surface area is 146 Å². The van der Waals surface area contributed by atoms with Gasteiger partial charge in [-0.2, -0.15) is 0 Å². The van der Waals surface area contributed by atoms with Crippen molar-refractivity contribution in [1.29, 1.82) is 0 Å². The second-order valence-electron chi connectivity index (χ2n) is 7.03. The van der Waals surface area contributed by atoms with Crippen molar-refractivity contribution in [1.82, 2.24) is 4.72 Å². The van der Waals surface area contributed by atoms with E-state index in [1.54, 1.807) is 14.0 Å². The molecular formula is C18H27NO4S. The third kappa shape index (κ3) is 3.81. The first kappa shape index (κ1) is 18.9. The molecule has 0 spiro atoms. The number of ether oxygens (including phenoxy) is 2. The number of benzene rings is 1. The summed E-state index contributed by atoms with van der Waals surface area (Å²) in [5.41, 5.74) is 1.36. The highest BCUT2D eigenvalue weighted by molar-refractivity contribution is 7.84. The third-order valence-electron chi connectivity index (χ3n) is 4.27. The first-order valence-electron chi connectivity index (χ1n) is 8.25. The molecule has 5 nitrogen and oxygen atoms in total. The lowest BCUT2D eigenvalue weighted by molar-refractivity contribution is -0.144. The van der Waals surface area contributed by atoms with Gasteiger partial charge in [0.1, 0.15) is 5.75 Å². The van der Waals surface area contributed by atoms with Crippen molar-refractivity contribution >= 4 is 17.0 Å². The Kier molecular flexibility index (Phi) is 5.71. The highest BCUT2D eigenvalue weighted by Gasteiger charge is 2.44. The van der Waals surface area contributed by atoms with Gasteiger partial charge in [-0.15, -0.1) is 0 Å². The maximum Gasteiger partial charge on any atom is 0.308 e. The van der Waals surface area contributed by atoms with Gasteiger partial charge in [-0.25, -0.2) is 8.93 Å². The van der Waals surface area contributed by atoms with Crippen LogP contribution >= 0.6 is 0 Å². The van der Waals surface area contributed by atoms with Crippen LogP contribution in [0.2, 0.25) is 0 Å². The standard InChI is InChI=1S/C18H27NO4S/c1-6-23-16(20)12-18(19-24(21)17(2,3)4)11-10-13-14(18)8-7-9-15(13)22-5/h7-9,19H,6,10-12H2,1-5H3. The molecule has 1 N–H and O–H groups in total. The molecule has 0 radical (unpaired) electrons. The molecule has 1 aromatic rings. The average Bonchev–Trinajstić information content (AvgIpc) is 2.85. The van der Waals surface area contributed by atoms with Crippen LogP contribution in [-0.4, -0.2) is 28.6 Å². The Bertz CT molecular complexity index is 638. The van der Waals surface area contributed by atoms with Crippen LogP contribution in [-0.2, 0) is 32.5 Å². The lowest BCUT2D eigenvalue weighted by Crippen LogP contribution is -2.48. The maximum atomic E-state index is 12.7. The summed E-state index contributed by atoms with van der Waals surface area (Å²) in [7, 11) is 0.339. The first-order chi connectivity index (χ1) is 11.2. The molecule has 2 atom stereocenters. The van der Waals surface area contributed by atoms with E-state index in [9.17, 15) is 9.00 Å². The highest BCUT2D eigenvalue weighted by Crippen LogP contribution is 2.44. The van der Waals surface area contributed by atoms with Gasteiger partial charge in [0.25, 0.3) is 0 Å². The summed E-state index contributed by atoms with van der Waals surface area (Å²) in [4.78, 5) is 12.2. The molecule has 2 rings (SSSR count). The van der Waals surface area contributed by atoms with Crippen molar-refractivity contribution in [2.45, 2.75) is 57.2 Å². The van der Waals surface area contributed by atoms with Crippen molar-refractivity contribution in [2.24, 2.45) is 0 Å². The van der Waals surface area contributed by atoms with Gasteiger partial charge in [-0.1, -0.05) is 12.1 Å². The SMILES string of the molecule is CCOC(=O)CC1(NS(=O)C(C)(C)C)CCc2c(OC)cccc21. The number of rotatable bonds is 6. The zero-order valence-electron chi connectivity index (χ0n) is 15.1. The fraction of sp³-hybridized carbons (Fsp3) is 0.611. The van der Waals surface area contributed by atoms with Gasteiger partial charge >= 0.3 is 5.97 Å². The number of hydrogen-bond acceptors (Lipinski definition) is 4. The van der Waals surface area contributed by atoms with Crippen LogP contribution in [0, 0.1) is 0 Å². The molecule has 0 heterocycles. The zero-order chi connectivity index (χ0) is 18.0. The number of carbonyl (C=O) groups is 1. The fourth-order valence-corrected chi connectivity index (χ4v) is 4.00. The molecular weight excluding hydrogens is 326 g/mol. The van der Waals surface area contributed by atoms with Crippen molar-refractivity contribution in [2.75, 3.05) is 13.7 Å². The van der Waals surface area contributed by atoms with E-state index in [0.29, 0.717) is 13.0 Å². The van der Waals surface area contributed by atoms with Crippen LogP contribution in [0.25, 0.3) is 0 Å². The summed E-state index contributed by atoms with van der Waals surface area (Å²) >= 11 is 0. The van der Waals surface area contributed by atoms with E-state index in [2.05, 4.69) is 4.72 Å². The molecule has 0 bridgehead atoms. The van der Waals surface area contributed by atoms with Gasteiger partial charge in [0.15, 0.2) is 0 Å². The van der Waals surface area contributed by atoms with Crippen molar-refractivity contribution in [3.63, 3.8) is 0 Å². The molecule has 0 saturated heterocycles. The number of methoxy groups -OCH3 is 1. The van der Waals surface area contributed by atoms with E-state index in [1.165, 1.54) is 0 Å². The molecule has 0 aromatic heterocycles. The van der Waals surface area contributed by atoms with Crippen LogP contribution in [0.1, 0.15) is 51.7 Å². The normalized spacial score (nSPS) is 21.2. The Morgan fingerprint density at radius 1 is 1.38 bits per heavy atom. The van der Waals surface area contributed by atoms with Gasteiger partial charge in [-0.3, -0.25) is 4.79 Å². The third-order valence-corrected chi connectivity index (χ3v) is 5.95. The van der Waals surface area contributed by atoms with Crippen LogP contribution in [0.15, 0.2) is 18.2 Å². The summed E-state index contributed by atoms with van der Waals surface area (Å²) in [6, 6.07) is 5.81. The Hall–Kier alpha value is -1.40. The largest absolute Gasteiger partial charge is 0.496 e. The van der Waals surface area contributed by atoms with E-state index in [-0.39, 0.29) is 12.4 Å². The second kappa shape index (κ2) is 7.23. The number of fused-ring (bicyclic) bond motifs is 1. The van der Waals surface area contributed by atoms with Gasteiger partial charge in [-0.05, 0) is 57.7 Å². The topological polar surface area (TPSA) is 64.6 Å². The molecule has 1 aliphatic rings. The maximum absolute atomic E-state index is 12.7. The van der Waals surface area contributed by atoms with Crippen LogP contribution in [0.3, 0.4) is 0 Å². The zero-order valence-corrected chi connectivity index (χ0v) is 15.9. The van der Waals surface area contributed by atoms with Gasteiger partial charge in [0, 0.05) is 0 Å². The van der Waals surface area contributed by atoms with Gasteiger partial charge < -0.3 is 9.47 Å². The number of esters is 1. The lowest BCUT2D eigenvalue weighted by Gasteiger charge is -2.33. The van der Waals surface area contributed by atoms with E-state index in [4.69, 9.17) is 9.47 Å². The minimum Gasteiger partial charge on any atom is -0.496 e. The van der Waals surface area contributed by atoms with Crippen LogP contribution < -0.4 is 9.46 Å². The van der Waals surface area contributed by atoms with Crippen molar-refractivity contribution in [3.8, 4) is 5.75 Å². The molecule has 1 aliphatic carbocycles. The smallest absolute Gasteiger partial charge is 0.308 e. The van der Waals surface area contributed by atoms with E-state index < -0.39 is 21.3 Å². The number of carbonyl (C=O) groups excluding carboxylic acids is 1. The Balaban J connectivity index is 2.44. The van der Waals surface area contributed by atoms with Gasteiger partial charge in [0.2, 0.25) is 0 Å². The monoisotopic (exact) mass is 353 g/mol.